The highest BCUT2D eigenvalue weighted by Gasteiger charge is 2.27. The summed E-state index contributed by atoms with van der Waals surface area (Å²) in [5.41, 5.74) is 0.840. The molecule has 1 N–H and O–H groups in total. The third kappa shape index (κ3) is 2.06. The molecule has 0 saturated carbocycles. The lowest BCUT2D eigenvalue weighted by atomic mass is 10.1. The second-order valence-corrected chi connectivity index (χ2v) is 5.68. The molecule has 0 bridgehead atoms. The summed E-state index contributed by atoms with van der Waals surface area (Å²) in [6.07, 6.45) is 0. The molecule has 0 atom stereocenters. The Hall–Kier alpha value is -2.59. The highest BCUT2D eigenvalue weighted by molar-refractivity contribution is 5.95. The molecule has 7 heteroatoms. The molecule has 1 aromatic carbocycles. The van der Waals surface area contributed by atoms with E-state index in [0.29, 0.717) is 48.6 Å². The summed E-state index contributed by atoms with van der Waals surface area (Å²) >= 11 is 0. The maximum Gasteiger partial charge on any atom is 0.252 e. The number of nitrogens with one attached hydrogen (secondary N) is 1. The fourth-order valence-electron chi connectivity index (χ4n) is 3.34. The molecule has 1 fully saturated rings. The molecule has 1 saturated heterocycles. The van der Waals surface area contributed by atoms with Gasteiger partial charge in [-0.2, -0.15) is 5.26 Å². The molecule has 0 aliphatic carbocycles. The molecule has 3 heterocycles. The predicted molar refractivity (Wildman–Crippen MR) is 83.5 cm³/mol. The maximum absolute atomic E-state index is 14.8. The van der Waals surface area contributed by atoms with Gasteiger partial charge in [0.1, 0.15) is 18.4 Å². The number of rotatable bonds is 1. The van der Waals surface area contributed by atoms with Gasteiger partial charge in [-0.25, -0.2) is 4.39 Å². The van der Waals surface area contributed by atoms with Gasteiger partial charge in [-0.3, -0.25) is 4.79 Å². The van der Waals surface area contributed by atoms with E-state index in [4.69, 9.17) is 4.74 Å². The Balaban J connectivity index is 2.07. The first kappa shape index (κ1) is 14.0. The molecule has 23 heavy (non-hydrogen) atoms. The zero-order valence-electron chi connectivity index (χ0n) is 12.4. The summed E-state index contributed by atoms with van der Waals surface area (Å²) in [5, 5.41) is 12.9. The summed E-state index contributed by atoms with van der Waals surface area (Å²) in [5.74, 6) is -0.0413. The smallest absolute Gasteiger partial charge is 0.252 e. The van der Waals surface area contributed by atoms with Crippen LogP contribution in [0, 0.1) is 17.1 Å². The van der Waals surface area contributed by atoms with Crippen LogP contribution in [0.1, 0.15) is 5.56 Å². The van der Waals surface area contributed by atoms with Crippen molar-refractivity contribution in [2.75, 3.05) is 37.7 Å². The van der Waals surface area contributed by atoms with Crippen molar-refractivity contribution in [2.24, 2.45) is 0 Å². The zero-order valence-corrected chi connectivity index (χ0v) is 12.4. The van der Waals surface area contributed by atoms with Crippen molar-refractivity contribution in [3.63, 3.8) is 0 Å². The van der Waals surface area contributed by atoms with Gasteiger partial charge in [-0.05, 0) is 6.07 Å². The van der Waals surface area contributed by atoms with E-state index in [2.05, 4.69) is 5.32 Å². The largest absolute Gasteiger partial charge is 0.487 e. The van der Waals surface area contributed by atoms with Gasteiger partial charge < -0.3 is 19.5 Å². The summed E-state index contributed by atoms with van der Waals surface area (Å²) in [4.78, 5) is 14.2. The molecular weight excluding hydrogens is 299 g/mol. The fourth-order valence-corrected chi connectivity index (χ4v) is 3.34. The summed E-state index contributed by atoms with van der Waals surface area (Å²) in [6, 6.07) is 4.59. The zero-order chi connectivity index (χ0) is 16.0. The molecule has 0 amide bonds. The van der Waals surface area contributed by atoms with Gasteiger partial charge in [0.2, 0.25) is 0 Å². The molecule has 0 unspecified atom stereocenters. The molecule has 118 valence electrons. The number of pyridine rings is 1. The topological polar surface area (TPSA) is 70.3 Å². The Kier molecular flexibility index (Phi) is 3.20. The summed E-state index contributed by atoms with van der Waals surface area (Å²) in [6.45, 7) is 3.59. The van der Waals surface area contributed by atoms with Crippen molar-refractivity contribution in [2.45, 2.75) is 6.54 Å². The van der Waals surface area contributed by atoms with Crippen LogP contribution in [0.25, 0.3) is 10.9 Å². The van der Waals surface area contributed by atoms with E-state index in [-0.39, 0.29) is 11.1 Å². The van der Waals surface area contributed by atoms with Crippen LogP contribution in [-0.4, -0.2) is 37.4 Å². The standard InChI is InChI=1S/C16H15FN4O2/c17-12-8-11-10(9-18)7-13(22)21-5-6-23-16(14(11)21)15(12)20-3-1-19-2-4-20/h7-8,19H,1-6H2. The molecule has 0 spiro atoms. The average Bonchev–Trinajstić information content (AvgIpc) is 2.58. The molecule has 1 aromatic heterocycles. The lowest BCUT2D eigenvalue weighted by molar-refractivity contribution is 0.283. The number of ether oxygens (including phenoxy) is 1. The Labute approximate surface area is 131 Å². The highest BCUT2D eigenvalue weighted by Crippen LogP contribution is 2.40. The second kappa shape index (κ2) is 5.25. The quantitative estimate of drug-likeness (QED) is 0.844. The van der Waals surface area contributed by atoms with E-state index < -0.39 is 5.82 Å². The Morgan fingerprint density at radius 3 is 2.78 bits per heavy atom. The maximum atomic E-state index is 14.8. The number of nitrogens with zero attached hydrogens (tertiary/aromatic N) is 3. The van der Waals surface area contributed by atoms with Crippen molar-refractivity contribution < 1.29 is 9.13 Å². The van der Waals surface area contributed by atoms with Gasteiger partial charge in [-0.1, -0.05) is 0 Å². The lowest BCUT2D eigenvalue weighted by Crippen LogP contribution is -2.44. The first-order chi connectivity index (χ1) is 11.2. The lowest BCUT2D eigenvalue weighted by Gasteiger charge is -2.33. The van der Waals surface area contributed by atoms with E-state index in [1.165, 1.54) is 12.1 Å². The Morgan fingerprint density at radius 2 is 2.04 bits per heavy atom. The molecule has 2 aliphatic rings. The molecule has 0 radical (unpaired) electrons. The van der Waals surface area contributed by atoms with Crippen molar-refractivity contribution in [1.29, 1.82) is 5.26 Å². The predicted octanol–water partition coefficient (Wildman–Crippen LogP) is 0.814. The van der Waals surface area contributed by atoms with Crippen LogP contribution in [-0.2, 0) is 6.54 Å². The first-order valence-electron chi connectivity index (χ1n) is 7.59. The minimum atomic E-state index is -0.419. The third-order valence-corrected chi connectivity index (χ3v) is 4.39. The molecule has 2 aromatic rings. The van der Waals surface area contributed by atoms with Gasteiger partial charge in [0, 0.05) is 37.6 Å². The molecule has 6 nitrogen and oxygen atoms in total. The van der Waals surface area contributed by atoms with Crippen LogP contribution in [0.2, 0.25) is 0 Å². The SMILES string of the molecule is N#Cc1cc(=O)n2c3c(c(N4CCNCC4)c(F)cc13)OCC2. The van der Waals surface area contributed by atoms with E-state index in [0.717, 1.165) is 13.1 Å². The molecule has 2 aliphatic heterocycles. The number of aromatic nitrogens is 1. The number of benzene rings is 1. The van der Waals surface area contributed by atoms with Crippen LogP contribution >= 0.6 is 0 Å². The molecular formula is C16H15FN4O2. The number of halogens is 1. The number of nitriles is 1. The highest BCUT2D eigenvalue weighted by atomic mass is 19.1. The number of piperazine rings is 1. The normalized spacial score (nSPS) is 17.0. The number of hydrogen-bond donors (Lipinski definition) is 1. The van der Waals surface area contributed by atoms with Crippen LogP contribution < -0.4 is 20.5 Å². The van der Waals surface area contributed by atoms with E-state index in [1.807, 2.05) is 11.0 Å². The van der Waals surface area contributed by atoms with Crippen molar-refractivity contribution >= 4 is 16.6 Å². The third-order valence-electron chi connectivity index (χ3n) is 4.39. The van der Waals surface area contributed by atoms with Crippen molar-refractivity contribution in [3.05, 3.63) is 33.9 Å². The van der Waals surface area contributed by atoms with Crippen molar-refractivity contribution in [1.82, 2.24) is 9.88 Å². The number of hydrogen-bond acceptors (Lipinski definition) is 5. The van der Waals surface area contributed by atoms with Gasteiger partial charge in [-0.15, -0.1) is 0 Å². The van der Waals surface area contributed by atoms with Gasteiger partial charge >= 0.3 is 0 Å². The van der Waals surface area contributed by atoms with Crippen LogP contribution in [0.3, 0.4) is 0 Å². The Bertz CT molecular complexity index is 894. The van der Waals surface area contributed by atoms with Gasteiger partial charge in [0.15, 0.2) is 11.6 Å². The summed E-state index contributed by atoms with van der Waals surface area (Å²) < 4.78 is 22.1. The summed E-state index contributed by atoms with van der Waals surface area (Å²) in [7, 11) is 0. The average molecular weight is 314 g/mol. The Morgan fingerprint density at radius 1 is 1.26 bits per heavy atom. The monoisotopic (exact) mass is 314 g/mol. The van der Waals surface area contributed by atoms with Crippen molar-refractivity contribution in [3.8, 4) is 11.8 Å². The minimum absolute atomic E-state index is 0.179. The fraction of sp³-hybridized carbons (Fsp3) is 0.375. The van der Waals surface area contributed by atoms with Crippen LogP contribution in [0.5, 0.6) is 5.75 Å². The first-order valence-corrected chi connectivity index (χ1v) is 7.59. The minimum Gasteiger partial charge on any atom is -0.487 e. The second-order valence-electron chi connectivity index (χ2n) is 5.68. The van der Waals surface area contributed by atoms with E-state index in [9.17, 15) is 14.4 Å². The van der Waals surface area contributed by atoms with E-state index >= 15 is 0 Å². The van der Waals surface area contributed by atoms with Gasteiger partial charge in [0.05, 0.1) is 17.6 Å². The van der Waals surface area contributed by atoms with Gasteiger partial charge in [0.25, 0.3) is 5.56 Å². The van der Waals surface area contributed by atoms with Crippen LogP contribution in [0.15, 0.2) is 16.9 Å². The molecule has 4 rings (SSSR count). The van der Waals surface area contributed by atoms with Crippen LogP contribution in [0.4, 0.5) is 10.1 Å². The number of anilines is 1. The van der Waals surface area contributed by atoms with E-state index in [1.54, 1.807) is 4.57 Å².